The van der Waals surface area contributed by atoms with E-state index in [1.54, 1.807) is 12.1 Å². The van der Waals surface area contributed by atoms with E-state index in [9.17, 15) is 8.42 Å². The highest BCUT2D eigenvalue weighted by Gasteiger charge is 2.21. The van der Waals surface area contributed by atoms with E-state index in [1.807, 2.05) is 26.0 Å². The van der Waals surface area contributed by atoms with Gasteiger partial charge in [0.2, 0.25) is 10.0 Å². The van der Waals surface area contributed by atoms with Gasteiger partial charge in [0.15, 0.2) is 0 Å². The number of nitrogens with zero attached hydrogens (tertiary/aromatic N) is 2. The smallest absolute Gasteiger partial charge is 0.249 e. The van der Waals surface area contributed by atoms with E-state index in [2.05, 4.69) is 0 Å². The van der Waals surface area contributed by atoms with Crippen molar-refractivity contribution in [3.63, 3.8) is 0 Å². The maximum Gasteiger partial charge on any atom is 0.249 e. The number of alkyl halides is 1. The number of hydrogen-bond acceptors (Lipinski definition) is 3. The number of sulfonamides is 1. The molecule has 0 unspecified atom stereocenters. The van der Waals surface area contributed by atoms with Crippen LogP contribution in [0.4, 0.5) is 5.69 Å². The number of aryl methyl sites for hydroxylation is 2. The summed E-state index contributed by atoms with van der Waals surface area (Å²) in [6.07, 6.45) is 0.128. The summed E-state index contributed by atoms with van der Waals surface area (Å²) in [5, 5.41) is 8.11. The predicted molar refractivity (Wildman–Crippen MR) is 73.1 cm³/mol. The van der Waals surface area contributed by atoms with Crippen LogP contribution in [0.3, 0.4) is 0 Å². The van der Waals surface area contributed by atoms with E-state index < -0.39 is 15.2 Å². The molecule has 1 aromatic carbocycles. The Hall–Kier alpha value is -1.25. The van der Waals surface area contributed by atoms with E-state index >= 15 is 0 Å². The van der Waals surface area contributed by atoms with Crippen LogP contribution >= 0.6 is 11.6 Å². The maximum absolute atomic E-state index is 11.9. The molecule has 0 aromatic heterocycles. The first kappa shape index (κ1) is 14.8. The minimum atomic E-state index is -3.57. The summed E-state index contributed by atoms with van der Waals surface area (Å²) in [7, 11) is -3.57. The standard InChI is InChI=1S/C12H15ClN2O2S/c1-10-6-11(2)8-12(7-10)15(5-3-4-14)18(16,17)9-13/h6-8H,3,5,9H2,1-2H3. The van der Waals surface area contributed by atoms with Gasteiger partial charge in [-0.3, -0.25) is 4.31 Å². The van der Waals surface area contributed by atoms with Crippen LogP contribution in [0.25, 0.3) is 0 Å². The molecule has 0 aliphatic carbocycles. The Balaban J connectivity index is 3.22. The summed E-state index contributed by atoms with van der Waals surface area (Å²) < 4.78 is 25.0. The third-order valence-electron chi connectivity index (χ3n) is 2.39. The SMILES string of the molecule is Cc1cc(C)cc(N(CCC#N)S(=O)(=O)CCl)c1. The predicted octanol–water partition coefficient (Wildman–Crippen LogP) is 2.55. The molecule has 6 heteroatoms. The molecule has 0 amide bonds. The molecule has 1 aromatic rings. The fraction of sp³-hybridized carbons (Fsp3) is 0.417. The molecular weight excluding hydrogens is 272 g/mol. The van der Waals surface area contributed by atoms with Crippen molar-refractivity contribution in [2.45, 2.75) is 20.3 Å². The highest BCUT2D eigenvalue weighted by Crippen LogP contribution is 2.22. The second-order valence-electron chi connectivity index (χ2n) is 4.05. The van der Waals surface area contributed by atoms with Gasteiger partial charge in [-0.15, -0.1) is 11.6 Å². The molecule has 0 aliphatic rings. The summed E-state index contributed by atoms with van der Waals surface area (Å²) in [5.41, 5.74) is 2.50. The average Bonchev–Trinajstić information content (AvgIpc) is 2.28. The Kier molecular flexibility index (Phi) is 5.00. The second kappa shape index (κ2) is 6.07. The molecule has 0 radical (unpaired) electrons. The topological polar surface area (TPSA) is 61.2 Å². The molecule has 0 heterocycles. The van der Waals surface area contributed by atoms with Crippen molar-refractivity contribution in [2.75, 3.05) is 16.1 Å². The number of halogens is 1. The van der Waals surface area contributed by atoms with Gasteiger partial charge >= 0.3 is 0 Å². The lowest BCUT2D eigenvalue weighted by Gasteiger charge is -2.23. The van der Waals surface area contributed by atoms with Crippen molar-refractivity contribution in [1.29, 1.82) is 5.26 Å². The highest BCUT2D eigenvalue weighted by atomic mass is 35.5. The Morgan fingerprint density at radius 1 is 1.28 bits per heavy atom. The number of rotatable bonds is 5. The van der Waals surface area contributed by atoms with Crippen LogP contribution < -0.4 is 4.31 Å². The normalized spacial score (nSPS) is 11.0. The quantitative estimate of drug-likeness (QED) is 0.782. The maximum atomic E-state index is 11.9. The van der Waals surface area contributed by atoms with E-state index in [4.69, 9.17) is 16.9 Å². The third-order valence-corrected chi connectivity index (χ3v) is 4.56. The average molecular weight is 287 g/mol. The van der Waals surface area contributed by atoms with E-state index in [0.717, 1.165) is 11.1 Å². The molecule has 0 N–H and O–H groups in total. The fourth-order valence-electron chi connectivity index (χ4n) is 1.73. The lowest BCUT2D eigenvalue weighted by molar-refractivity contribution is 0.595. The lowest BCUT2D eigenvalue weighted by Crippen LogP contribution is -2.32. The summed E-state index contributed by atoms with van der Waals surface area (Å²) >= 11 is 5.48. The number of anilines is 1. The zero-order valence-corrected chi connectivity index (χ0v) is 11.9. The Morgan fingerprint density at radius 3 is 2.28 bits per heavy atom. The van der Waals surface area contributed by atoms with Gasteiger partial charge in [0.25, 0.3) is 0 Å². The Bertz CT molecular complexity index is 544. The summed E-state index contributed by atoms with van der Waals surface area (Å²) in [4.78, 5) is 0. The highest BCUT2D eigenvalue weighted by molar-refractivity contribution is 7.93. The van der Waals surface area contributed by atoms with Crippen molar-refractivity contribution in [3.05, 3.63) is 29.3 Å². The molecule has 98 valence electrons. The molecule has 0 spiro atoms. The van der Waals surface area contributed by atoms with Gasteiger partial charge in [-0.05, 0) is 37.1 Å². The molecule has 0 bridgehead atoms. The van der Waals surface area contributed by atoms with Crippen LogP contribution in [-0.4, -0.2) is 20.2 Å². The molecule has 0 atom stereocenters. The van der Waals surface area contributed by atoms with E-state index in [-0.39, 0.29) is 13.0 Å². The monoisotopic (exact) mass is 286 g/mol. The van der Waals surface area contributed by atoms with Crippen molar-refractivity contribution >= 4 is 27.3 Å². The molecule has 18 heavy (non-hydrogen) atoms. The minimum absolute atomic E-state index is 0.119. The molecule has 0 fully saturated rings. The molecular formula is C12H15ClN2O2S. The van der Waals surface area contributed by atoms with Gasteiger partial charge < -0.3 is 0 Å². The summed E-state index contributed by atoms with van der Waals surface area (Å²) in [6.45, 7) is 3.91. The van der Waals surface area contributed by atoms with Crippen LogP contribution in [0.2, 0.25) is 0 Å². The van der Waals surface area contributed by atoms with Gasteiger partial charge in [0.1, 0.15) is 5.21 Å². The van der Waals surface area contributed by atoms with Gasteiger partial charge in [-0.1, -0.05) is 6.07 Å². The minimum Gasteiger partial charge on any atom is -0.268 e. The second-order valence-corrected chi connectivity index (χ2v) is 6.52. The van der Waals surface area contributed by atoms with Crippen LogP contribution in [-0.2, 0) is 10.0 Å². The van der Waals surface area contributed by atoms with E-state index in [0.29, 0.717) is 5.69 Å². The van der Waals surface area contributed by atoms with Crippen LogP contribution in [0.1, 0.15) is 17.5 Å². The first-order chi connectivity index (χ1) is 8.40. The molecule has 0 saturated heterocycles. The summed E-state index contributed by atoms with van der Waals surface area (Å²) in [5.74, 6) is 0. The van der Waals surface area contributed by atoms with Crippen LogP contribution in [0.15, 0.2) is 18.2 Å². The van der Waals surface area contributed by atoms with Crippen LogP contribution in [0.5, 0.6) is 0 Å². The molecule has 4 nitrogen and oxygen atoms in total. The Morgan fingerprint density at radius 2 is 1.83 bits per heavy atom. The van der Waals surface area contributed by atoms with Gasteiger partial charge in [0, 0.05) is 6.54 Å². The summed E-state index contributed by atoms with van der Waals surface area (Å²) in [6, 6.07) is 7.45. The van der Waals surface area contributed by atoms with Gasteiger partial charge in [0.05, 0.1) is 18.2 Å². The van der Waals surface area contributed by atoms with Crippen molar-refractivity contribution < 1.29 is 8.42 Å². The number of nitriles is 1. The molecule has 1 rings (SSSR count). The Labute approximate surface area is 113 Å². The molecule has 0 saturated carbocycles. The van der Waals surface area contributed by atoms with Crippen molar-refractivity contribution in [3.8, 4) is 6.07 Å². The zero-order valence-electron chi connectivity index (χ0n) is 10.4. The largest absolute Gasteiger partial charge is 0.268 e. The van der Waals surface area contributed by atoms with Crippen LogP contribution in [0, 0.1) is 25.2 Å². The van der Waals surface area contributed by atoms with Gasteiger partial charge in [-0.25, -0.2) is 8.42 Å². The van der Waals surface area contributed by atoms with E-state index in [1.165, 1.54) is 4.31 Å². The molecule has 0 aliphatic heterocycles. The number of hydrogen-bond donors (Lipinski definition) is 0. The van der Waals surface area contributed by atoms with Crippen molar-refractivity contribution in [2.24, 2.45) is 0 Å². The number of benzene rings is 1. The van der Waals surface area contributed by atoms with Gasteiger partial charge in [-0.2, -0.15) is 5.26 Å². The lowest BCUT2D eigenvalue weighted by atomic mass is 10.1. The zero-order chi connectivity index (χ0) is 13.8. The third kappa shape index (κ3) is 3.62. The first-order valence-corrected chi connectivity index (χ1v) is 7.56. The van der Waals surface area contributed by atoms with Crippen molar-refractivity contribution in [1.82, 2.24) is 0 Å². The first-order valence-electron chi connectivity index (χ1n) is 5.42. The fourth-order valence-corrected chi connectivity index (χ4v) is 3.00.